The highest BCUT2D eigenvalue weighted by molar-refractivity contribution is 7.16. The monoisotopic (exact) mass is 227 g/mol. The van der Waals surface area contributed by atoms with Crippen LogP contribution in [0.5, 0.6) is 0 Å². The third kappa shape index (κ3) is 2.31. The van der Waals surface area contributed by atoms with Gasteiger partial charge < -0.3 is 10.5 Å². The van der Waals surface area contributed by atoms with Crippen molar-refractivity contribution in [2.45, 2.75) is 33.6 Å². The molecule has 1 aromatic heterocycles. The number of hydrogen-bond donors (Lipinski definition) is 1. The smallest absolute Gasteiger partial charge is 0.341 e. The molecule has 0 saturated carbocycles. The molecule has 0 aromatic carbocycles. The Labute approximate surface area is 94.2 Å². The lowest BCUT2D eigenvalue weighted by molar-refractivity contribution is 0.0526. The highest BCUT2D eigenvalue weighted by Crippen LogP contribution is 2.35. The van der Waals surface area contributed by atoms with E-state index in [-0.39, 0.29) is 11.9 Å². The van der Waals surface area contributed by atoms with Crippen molar-refractivity contribution in [2.75, 3.05) is 12.3 Å². The highest BCUT2D eigenvalue weighted by atomic mass is 32.1. The fraction of sp³-hybridized carbons (Fsp3) is 0.545. The number of aryl methyl sites for hydroxylation is 1. The Bertz CT molecular complexity index is 369. The Balaban J connectivity index is 3.20. The Morgan fingerprint density at radius 1 is 1.53 bits per heavy atom. The third-order valence-corrected chi connectivity index (χ3v) is 3.17. The molecule has 4 heteroatoms. The summed E-state index contributed by atoms with van der Waals surface area (Å²) in [5.74, 6) is -0.0130. The molecule has 0 bridgehead atoms. The average molecular weight is 227 g/mol. The van der Waals surface area contributed by atoms with E-state index >= 15 is 0 Å². The first-order chi connectivity index (χ1) is 6.99. The maximum absolute atomic E-state index is 11.7. The van der Waals surface area contributed by atoms with Gasteiger partial charge in [-0.1, -0.05) is 13.8 Å². The minimum atomic E-state index is -0.303. The Kier molecular flexibility index (Phi) is 3.74. The zero-order valence-electron chi connectivity index (χ0n) is 9.59. The van der Waals surface area contributed by atoms with Crippen molar-refractivity contribution in [3.05, 3.63) is 16.0 Å². The Morgan fingerprint density at radius 2 is 2.13 bits per heavy atom. The van der Waals surface area contributed by atoms with E-state index in [1.54, 1.807) is 6.92 Å². The molecule has 0 radical (unpaired) electrons. The van der Waals surface area contributed by atoms with Crippen molar-refractivity contribution < 1.29 is 9.53 Å². The van der Waals surface area contributed by atoms with E-state index in [1.165, 1.54) is 11.3 Å². The van der Waals surface area contributed by atoms with Crippen LogP contribution in [0.2, 0.25) is 0 Å². The van der Waals surface area contributed by atoms with E-state index < -0.39 is 0 Å². The van der Waals surface area contributed by atoms with Gasteiger partial charge in [0, 0.05) is 4.88 Å². The summed E-state index contributed by atoms with van der Waals surface area (Å²) >= 11 is 1.46. The second-order valence-corrected chi connectivity index (χ2v) is 4.94. The molecule has 1 aromatic rings. The SMILES string of the molecule is CCOC(=O)c1c(N)sc(C)c1C(C)C. The molecule has 0 spiro atoms. The molecule has 0 fully saturated rings. The minimum absolute atomic E-state index is 0.290. The number of carbonyl (C=O) groups excluding carboxylic acids is 1. The van der Waals surface area contributed by atoms with Gasteiger partial charge >= 0.3 is 5.97 Å². The van der Waals surface area contributed by atoms with Gasteiger partial charge in [-0.3, -0.25) is 0 Å². The number of carbonyl (C=O) groups is 1. The summed E-state index contributed by atoms with van der Waals surface area (Å²) in [5.41, 5.74) is 7.42. The number of esters is 1. The molecule has 0 aliphatic rings. The fourth-order valence-electron chi connectivity index (χ4n) is 1.69. The van der Waals surface area contributed by atoms with Gasteiger partial charge in [-0.15, -0.1) is 11.3 Å². The maximum Gasteiger partial charge on any atom is 0.341 e. The second kappa shape index (κ2) is 4.66. The lowest BCUT2D eigenvalue weighted by Crippen LogP contribution is -2.09. The van der Waals surface area contributed by atoms with Crippen molar-refractivity contribution in [2.24, 2.45) is 0 Å². The molecule has 2 N–H and O–H groups in total. The van der Waals surface area contributed by atoms with E-state index in [4.69, 9.17) is 10.5 Å². The van der Waals surface area contributed by atoms with Crippen LogP contribution in [-0.2, 0) is 4.74 Å². The molecule has 84 valence electrons. The predicted molar refractivity (Wildman–Crippen MR) is 63.5 cm³/mol. The van der Waals surface area contributed by atoms with Gasteiger partial charge in [0.15, 0.2) is 0 Å². The van der Waals surface area contributed by atoms with Gasteiger partial charge in [-0.25, -0.2) is 4.79 Å². The lowest BCUT2D eigenvalue weighted by atomic mass is 9.99. The molecule has 0 aliphatic carbocycles. The van der Waals surface area contributed by atoms with Crippen LogP contribution in [0, 0.1) is 6.92 Å². The number of thiophene rings is 1. The van der Waals surface area contributed by atoms with Crippen LogP contribution in [-0.4, -0.2) is 12.6 Å². The van der Waals surface area contributed by atoms with Crippen LogP contribution in [0.1, 0.15) is 47.5 Å². The first-order valence-electron chi connectivity index (χ1n) is 5.04. The molecule has 3 nitrogen and oxygen atoms in total. The summed E-state index contributed by atoms with van der Waals surface area (Å²) in [6.07, 6.45) is 0. The van der Waals surface area contributed by atoms with Crippen LogP contribution >= 0.6 is 11.3 Å². The van der Waals surface area contributed by atoms with E-state index in [9.17, 15) is 4.79 Å². The van der Waals surface area contributed by atoms with E-state index in [1.807, 2.05) is 6.92 Å². The zero-order chi connectivity index (χ0) is 11.6. The molecule has 0 amide bonds. The quantitative estimate of drug-likeness (QED) is 0.808. The van der Waals surface area contributed by atoms with Gasteiger partial charge in [0.05, 0.1) is 12.2 Å². The number of rotatable bonds is 3. The molecular formula is C11H17NO2S. The molecule has 1 rings (SSSR count). The number of nitrogens with two attached hydrogens (primary N) is 1. The van der Waals surface area contributed by atoms with Crippen molar-refractivity contribution in [1.82, 2.24) is 0 Å². The number of hydrogen-bond acceptors (Lipinski definition) is 4. The largest absolute Gasteiger partial charge is 0.462 e. The summed E-state index contributed by atoms with van der Waals surface area (Å²) in [4.78, 5) is 12.8. The summed E-state index contributed by atoms with van der Waals surface area (Å²) in [6.45, 7) is 8.26. The summed E-state index contributed by atoms with van der Waals surface area (Å²) in [5, 5.41) is 0.564. The van der Waals surface area contributed by atoms with Gasteiger partial charge in [0.2, 0.25) is 0 Å². The summed E-state index contributed by atoms with van der Waals surface area (Å²) in [7, 11) is 0. The standard InChI is InChI=1S/C11H17NO2S/c1-5-14-11(13)9-8(6(2)3)7(4)15-10(9)12/h6H,5,12H2,1-4H3. The summed E-state index contributed by atoms with van der Waals surface area (Å²) < 4.78 is 5.00. The van der Waals surface area contributed by atoms with E-state index in [0.717, 1.165) is 10.4 Å². The van der Waals surface area contributed by atoms with E-state index in [0.29, 0.717) is 17.2 Å². The second-order valence-electron chi connectivity index (χ2n) is 3.69. The Hall–Kier alpha value is -1.03. The first kappa shape index (κ1) is 12.0. The predicted octanol–water partition coefficient (Wildman–Crippen LogP) is 2.94. The van der Waals surface area contributed by atoms with Gasteiger partial charge in [-0.05, 0) is 25.3 Å². The molecule has 15 heavy (non-hydrogen) atoms. The Morgan fingerprint density at radius 3 is 2.60 bits per heavy atom. The van der Waals surface area contributed by atoms with E-state index in [2.05, 4.69) is 13.8 Å². The van der Waals surface area contributed by atoms with Crippen molar-refractivity contribution in [3.63, 3.8) is 0 Å². The van der Waals surface area contributed by atoms with Crippen LogP contribution in [0.4, 0.5) is 5.00 Å². The molecule has 0 unspecified atom stereocenters. The molecular weight excluding hydrogens is 210 g/mol. The summed E-state index contributed by atoms with van der Waals surface area (Å²) in [6, 6.07) is 0. The van der Waals surface area contributed by atoms with Gasteiger partial charge in [0.25, 0.3) is 0 Å². The van der Waals surface area contributed by atoms with Crippen LogP contribution in [0.25, 0.3) is 0 Å². The number of ether oxygens (including phenoxy) is 1. The van der Waals surface area contributed by atoms with Crippen molar-refractivity contribution in [3.8, 4) is 0 Å². The zero-order valence-corrected chi connectivity index (χ0v) is 10.4. The van der Waals surface area contributed by atoms with Crippen LogP contribution < -0.4 is 5.73 Å². The first-order valence-corrected chi connectivity index (χ1v) is 5.86. The van der Waals surface area contributed by atoms with Gasteiger partial charge in [0.1, 0.15) is 5.00 Å². The minimum Gasteiger partial charge on any atom is -0.462 e. The molecule has 1 heterocycles. The highest BCUT2D eigenvalue weighted by Gasteiger charge is 2.23. The average Bonchev–Trinajstić information content (AvgIpc) is 2.41. The van der Waals surface area contributed by atoms with Crippen molar-refractivity contribution in [1.29, 1.82) is 0 Å². The molecule has 0 atom stereocenters. The number of anilines is 1. The number of nitrogen functional groups attached to an aromatic ring is 1. The van der Waals surface area contributed by atoms with Crippen LogP contribution in [0.15, 0.2) is 0 Å². The lowest BCUT2D eigenvalue weighted by Gasteiger charge is -2.08. The third-order valence-electron chi connectivity index (χ3n) is 2.21. The maximum atomic E-state index is 11.7. The topological polar surface area (TPSA) is 52.3 Å². The molecule has 0 aliphatic heterocycles. The van der Waals surface area contributed by atoms with Gasteiger partial charge in [-0.2, -0.15) is 0 Å². The fourth-order valence-corrected chi connectivity index (χ4v) is 2.76. The molecule has 0 saturated heterocycles. The normalized spacial score (nSPS) is 10.7. The van der Waals surface area contributed by atoms with Crippen molar-refractivity contribution >= 4 is 22.3 Å². The van der Waals surface area contributed by atoms with Crippen LogP contribution in [0.3, 0.4) is 0 Å².